The van der Waals surface area contributed by atoms with Crippen molar-refractivity contribution in [2.24, 2.45) is 11.8 Å². The van der Waals surface area contributed by atoms with Gasteiger partial charge in [0, 0.05) is 38.6 Å². The highest BCUT2D eigenvalue weighted by molar-refractivity contribution is 5.77. The molecule has 24 heavy (non-hydrogen) atoms. The lowest BCUT2D eigenvalue weighted by molar-refractivity contribution is -0.124. The van der Waals surface area contributed by atoms with Crippen molar-refractivity contribution in [3.8, 4) is 0 Å². The summed E-state index contributed by atoms with van der Waals surface area (Å²) in [6.45, 7) is 12.9. The zero-order chi connectivity index (χ0) is 18.4. The Balaban J connectivity index is 3.80. The fourth-order valence-electron chi connectivity index (χ4n) is 1.89. The van der Waals surface area contributed by atoms with Crippen LogP contribution in [0, 0.1) is 11.8 Å². The van der Waals surface area contributed by atoms with Gasteiger partial charge >= 0.3 is 0 Å². The second-order valence-corrected chi connectivity index (χ2v) is 6.91. The molecular formula is C18H36N2O4. The van der Waals surface area contributed by atoms with Gasteiger partial charge < -0.3 is 20.1 Å². The summed E-state index contributed by atoms with van der Waals surface area (Å²) in [6, 6.07) is -0.0527. The second kappa shape index (κ2) is 14.2. The zero-order valence-corrected chi connectivity index (χ0v) is 16.0. The SMILES string of the molecule is CC[C@@H](CNC(=O)CCOCC(C)C)NC(=O)CCOCC(C)C. The van der Waals surface area contributed by atoms with Gasteiger partial charge in [0.2, 0.25) is 11.8 Å². The Morgan fingerprint density at radius 2 is 1.38 bits per heavy atom. The third-order valence-corrected chi connectivity index (χ3v) is 3.25. The first kappa shape index (κ1) is 22.9. The third kappa shape index (κ3) is 14.5. The van der Waals surface area contributed by atoms with E-state index in [2.05, 4.69) is 38.3 Å². The van der Waals surface area contributed by atoms with E-state index in [1.807, 2.05) is 6.92 Å². The Hall–Kier alpha value is -1.14. The maximum atomic E-state index is 11.9. The number of amides is 2. The first-order valence-electron chi connectivity index (χ1n) is 9.06. The molecule has 0 radical (unpaired) electrons. The van der Waals surface area contributed by atoms with Crippen molar-refractivity contribution in [1.29, 1.82) is 0 Å². The van der Waals surface area contributed by atoms with E-state index >= 15 is 0 Å². The topological polar surface area (TPSA) is 76.7 Å². The van der Waals surface area contributed by atoms with Gasteiger partial charge in [-0.05, 0) is 18.3 Å². The van der Waals surface area contributed by atoms with Crippen LogP contribution < -0.4 is 10.6 Å². The molecular weight excluding hydrogens is 308 g/mol. The third-order valence-electron chi connectivity index (χ3n) is 3.25. The van der Waals surface area contributed by atoms with Crippen LogP contribution in [0.2, 0.25) is 0 Å². The summed E-state index contributed by atoms with van der Waals surface area (Å²) < 4.78 is 10.8. The minimum absolute atomic E-state index is 0.0416. The Labute approximate surface area is 147 Å². The summed E-state index contributed by atoms with van der Waals surface area (Å²) in [5.41, 5.74) is 0. The van der Waals surface area contributed by atoms with Gasteiger partial charge in [-0.25, -0.2) is 0 Å². The van der Waals surface area contributed by atoms with Gasteiger partial charge in [-0.1, -0.05) is 34.6 Å². The number of carbonyl (C=O) groups is 2. The molecule has 0 fully saturated rings. The summed E-state index contributed by atoms with van der Waals surface area (Å²) >= 11 is 0. The Morgan fingerprint density at radius 1 is 0.875 bits per heavy atom. The fourth-order valence-corrected chi connectivity index (χ4v) is 1.89. The molecule has 0 aliphatic rings. The minimum atomic E-state index is -0.0527. The van der Waals surface area contributed by atoms with Crippen LogP contribution in [-0.4, -0.2) is 50.8 Å². The fraction of sp³-hybridized carbons (Fsp3) is 0.889. The number of rotatable bonds is 14. The Bertz CT molecular complexity index is 346. The van der Waals surface area contributed by atoms with Crippen molar-refractivity contribution in [3.05, 3.63) is 0 Å². The summed E-state index contributed by atoms with van der Waals surface area (Å²) in [5.74, 6) is 0.847. The first-order valence-corrected chi connectivity index (χ1v) is 9.06. The second-order valence-electron chi connectivity index (χ2n) is 6.91. The monoisotopic (exact) mass is 344 g/mol. The highest BCUT2D eigenvalue weighted by Gasteiger charge is 2.12. The van der Waals surface area contributed by atoms with Crippen LogP contribution in [-0.2, 0) is 19.1 Å². The van der Waals surface area contributed by atoms with Crippen molar-refractivity contribution >= 4 is 11.8 Å². The lowest BCUT2D eigenvalue weighted by atomic mass is 10.2. The van der Waals surface area contributed by atoms with E-state index in [1.165, 1.54) is 0 Å². The van der Waals surface area contributed by atoms with E-state index in [9.17, 15) is 9.59 Å². The van der Waals surface area contributed by atoms with Gasteiger partial charge in [-0.3, -0.25) is 9.59 Å². The molecule has 0 aromatic heterocycles. The van der Waals surface area contributed by atoms with Crippen LogP contribution >= 0.6 is 0 Å². The Kier molecular flexibility index (Phi) is 13.5. The largest absolute Gasteiger partial charge is 0.381 e. The number of nitrogens with one attached hydrogen (secondary N) is 2. The van der Waals surface area contributed by atoms with Gasteiger partial charge in [0.15, 0.2) is 0 Å². The van der Waals surface area contributed by atoms with Crippen LogP contribution in [0.4, 0.5) is 0 Å². The van der Waals surface area contributed by atoms with Gasteiger partial charge in [-0.15, -0.1) is 0 Å². The molecule has 6 nitrogen and oxygen atoms in total. The smallest absolute Gasteiger partial charge is 0.222 e. The van der Waals surface area contributed by atoms with Gasteiger partial charge in [-0.2, -0.15) is 0 Å². The number of hydrogen-bond donors (Lipinski definition) is 2. The molecule has 0 aliphatic heterocycles. The van der Waals surface area contributed by atoms with E-state index in [0.717, 1.165) is 6.42 Å². The molecule has 1 atom stereocenters. The van der Waals surface area contributed by atoms with E-state index in [-0.39, 0.29) is 17.9 Å². The molecule has 2 N–H and O–H groups in total. The van der Waals surface area contributed by atoms with E-state index < -0.39 is 0 Å². The average Bonchev–Trinajstić information content (AvgIpc) is 2.51. The molecule has 0 heterocycles. The van der Waals surface area contributed by atoms with Crippen molar-refractivity contribution < 1.29 is 19.1 Å². The number of carbonyl (C=O) groups excluding carboxylic acids is 2. The summed E-state index contributed by atoms with van der Waals surface area (Å²) in [6.07, 6.45) is 1.46. The highest BCUT2D eigenvalue weighted by Crippen LogP contribution is 1.96. The lowest BCUT2D eigenvalue weighted by Crippen LogP contribution is -2.43. The molecule has 0 aliphatic carbocycles. The van der Waals surface area contributed by atoms with Crippen LogP contribution in [0.15, 0.2) is 0 Å². The lowest BCUT2D eigenvalue weighted by Gasteiger charge is -2.18. The van der Waals surface area contributed by atoms with Gasteiger partial charge in [0.1, 0.15) is 0 Å². The van der Waals surface area contributed by atoms with Crippen LogP contribution in [0.25, 0.3) is 0 Å². The first-order chi connectivity index (χ1) is 11.3. The van der Waals surface area contributed by atoms with E-state index in [0.29, 0.717) is 57.6 Å². The highest BCUT2D eigenvalue weighted by atomic mass is 16.5. The predicted octanol–water partition coefficient (Wildman–Crippen LogP) is 2.12. The normalized spacial score (nSPS) is 12.5. The summed E-state index contributed by atoms with van der Waals surface area (Å²) in [4.78, 5) is 23.6. The molecule has 0 saturated carbocycles. The van der Waals surface area contributed by atoms with Crippen LogP contribution in [0.1, 0.15) is 53.9 Å². The standard InChI is InChI=1S/C18H36N2O4/c1-6-16(20-18(22)8-10-24-13-15(4)5)11-19-17(21)7-9-23-12-14(2)3/h14-16H,6-13H2,1-5H3,(H,19,21)(H,20,22)/t16-/m0/s1. The molecule has 2 amide bonds. The van der Waals surface area contributed by atoms with E-state index in [1.54, 1.807) is 0 Å². The maximum absolute atomic E-state index is 11.9. The molecule has 0 unspecified atom stereocenters. The van der Waals surface area contributed by atoms with Gasteiger partial charge in [0.05, 0.1) is 13.2 Å². The van der Waals surface area contributed by atoms with Crippen molar-refractivity contribution in [3.63, 3.8) is 0 Å². The van der Waals surface area contributed by atoms with Crippen LogP contribution in [0.5, 0.6) is 0 Å². The molecule has 0 aromatic carbocycles. The van der Waals surface area contributed by atoms with Crippen molar-refractivity contribution in [2.45, 2.75) is 59.9 Å². The molecule has 142 valence electrons. The molecule has 0 aromatic rings. The minimum Gasteiger partial charge on any atom is -0.381 e. The zero-order valence-electron chi connectivity index (χ0n) is 16.0. The summed E-state index contributed by atoms with van der Waals surface area (Å²) in [7, 11) is 0. The predicted molar refractivity (Wildman–Crippen MR) is 95.8 cm³/mol. The molecule has 0 saturated heterocycles. The quantitative estimate of drug-likeness (QED) is 0.473. The molecule has 0 spiro atoms. The molecule has 0 rings (SSSR count). The van der Waals surface area contributed by atoms with Crippen molar-refractivity contribution in [2.75, 3.05) is 33.0 Å². The summed E-state index contributed by atoms with van der Waals surface area (Å²) in [5, 5.41) is 5.77. The number of hydrogen-bond acceptors (Lipinski definition) is 4. The van der Waals surface area contributed by atoms with Gasteiger partial charge in [0.25, 0.3) is 0 Å². The molecule has 6 heteroatoms. The van der Waals surface area contributed by atoms with E-state index in [4.69, 9.17) is 9.47 Å². The maximum Gasteiger partial charge on any atom is 0.222 e. The average molecular weight is 344 g/mol. The number of ether oxygens (including phenoxy) is 2. The molecule has 0 bridgehead atoms. The Morgan fingerprint density at radius 3 is 1.83 bits per heavy atom. The van der Waals surface area contributed by atoms with Crippen LogP contribution in [0.3, 0.4) is 0 Å². The van der Waals surface area contributed by atoms with Crippen molar-refractivity contribution in [1.82, 2.24) is 10.6 Å².